The van der Waals surface area contributed by atoms with Crippen LogP contribution in [0.5, 0.6) is 11.5 Å². The summed E-state index contributed by atoms with van der Waals surface area (Å²) in [6, 6.07) is 7.60. The fourth-order valence-electron chi connectivity index (χ4n) is 4.76. The van der Waals surface area contributed by atoms with Gasteiger partial charge in [0.05, 0.1) is 30.9 Å². The topological polar surface area (TPSA) is 100 Å². The lowest BCUT2D eigenvalue weighted by Gasteiger charge is -2.26. The zero-order valence-electron chi connectivity index (χ0n) is 25.0. The maximum Gasteiger partial charge on any atom is 0.273 e. The second kappa shape index (κ2) is 14.7. The van der Waals surface area contributed by atoms with Gasteiger partial charge in [0.1, 0.15) is 11.5 Å². The van der Waals surface area contributed by atoms with E-state index in [1.165, 1.54) is 19.5 Å². The highest BCUT2D eigenvalue weighted by molar-refractivity contribution is 6.22. The van der Waals surface area contributed by atoms with Crippen LogP contribution in [0.2, 0.25) is 0 Å². The Morgan fingerprint density at radius 3 is 2.55 bits per heavy atom. The lowest BCUT2D eigenvalue weighted by atomic mass is 9.83. The first-order valence-electron chi connectivity index (χ1n) is 14.3. The van der Waals surface area contributed by atoms with Crippen molar-refractivity contribution >= 4 is 11.4 Å². The molecule has 40 heavy (non-hydrogen) atoms. The number of H-pyrrole nitrogens is 2. The van der Waals surface area contributed by atoms with E-state index in [0.717, 1.165) is 34.6 Å². The number of ether oxygens (including phenoxy) is 2. The van der Waals surface area contributed by atoms with E-state index in [2.05, 4.69) is 41.0 Å². The zero-order valence-corrected chi connectivity index (χ0v) is 25.0. The molecule has 1 fully saturated rings. The summed E-state index contributed by atoms with van der Waals surface area (Å²) in [6.45, 7) is 13.1. The van der Waals surface area contributed by atoms with Crippen LogP contribution < -0.4 is 15.0 Å². The summed E-state index contributed by atoms with van der Waals surface area (Å²) >= 11 is 0. The number of ketones is 1. The van der Waals surface area contributed by atoms with Gasteiger partial charge in [-0.2, -0.15) is 0 Å². The molecule has 216 valence electrons. The van der Waals surface area contributed by atoms with E-state index in [1.54, 1.807) is 19.5 Å². The molecule has 1 aromatic carbocycles. The SMILES string of the molecule is C/C=C(/C(=O)C1COc2ccc(OC)cc2C1)c1cnc(-c2c[nH][nH]c2=O)cc1C(C)CC.CC.CN1CCC1. The maximum absolute atomic E-state index is 13.7. The number of aromatic nitrogens is 3. The van der Waals surface area contributed by atoms with Crippen molar-refractivity contribution in [3.05, 3.63) is 69.8 Å². The largest absolute Gasteiger partial charge is 0.497 e. The van der Waals surface area contributed by atoms with E-state index in [0.29, 0.717) is 29.9 Å². The Bertz CT molecular complexity index is 1350. The van der Waals surface area contributed by atoms with E-state index in [-0.39, 0.29) is 23.2 Å². The van der Waals surface area contributed by atoms with E-state index >= 15 is 0 Å². The summed E-state index contributed by atoms with van der Waals surface area (Å²) in [4.78, 5) is 32.6. The first-order valence-corrected chi connectivity index (χ1v) is 14.3. The van der Waals surface area contributed by atoms with Gasteiger partial charge < -0.3 is 19.5 Å². The maximum atomic E-state index is 13.7. The van der Waals surface area contributed by atoms with Crippen molar-refractivity contribution in [2.75, 3.05) is 33.9 Å². The van der Waals surface area contributed by atoms with Crippen LogP contribution in [0, 0.1) is 5.92 Å². The molecule has 8 heteroatoms. The Morgan fingerprint density at radius 1 is 1.27 bits per heavy atom. The predicted octanol–water partition coefficient (Wildman–Crippen LogP) is 5.86. The molecule has 0 bridgehead atoms. The highest BCUT2D eigenvalue weighted by Gasteiger charge is 2.30. The number of rotatable bonds is 7. The highest BCUT2D eigenvalue weighted by atomic mass is 16.5. The normalized spacial score (nSPS) is 17.1. The minimum absolute atomic E-state index is 0.0320. The predicted molar refractivity (Wildman–Crippen MR) is 161 cm³/mol. The van der Waals surface area contributed by atoms with Crippen molar-refractivity contribution in [2.45, 2.75) is 59.8 Å². The number of likely N-dealkylation sites (tertiary alicyclic amines) is 1. The van der Waals surface area contributed by atoms with Gasteiger partial charge >= 0.3 is 0 Å². The number of methoxy groups -OCH3 is 1. The van der Waals surface area contributed by atoms with Crippen molar-refractivity contribution in [1.29, 1.82) is 0 Å². The third-order valence-electron chi connectivity index (χ3n) is 7.47. The molecule has 2 atom stereocenters. The van der Waals surface area contributed by atoms with Gasteiger partial charge in [-0.15, -0.1) is 0 Å². The lowest BCUT2D eigenvalue weighted by Crippen LogP contribution is -2.32. The van der Waals surface area contributed by atoms with Crippen LogP contribution in [0.4, 0.5) is 0 Å². The second-order valence-electron chi connectivity index (χ2n) is 10.0. The number of hydrogen-bond acceptors (Lipinski definition) is 6. The third kappa shape index (κ3) is 7.10. The first kappa shape index (κ1) is 30.9. The summed E-state index contributed by atoms with van der Waals surface area (Å²) in [7, 11) is 3.77. The molecule has 0 aliphatic carbocycles. The molecule has 2 aliphatic rings. The molecule has 4 heterocycles. The van der Waals surface area contributed by atoms with E-state index in [1.807, 2.05) is 51.1 Å². The fraction of sp³-hybridized carbons (Fsp3) is 0.469. The fourth-order valence-corrected chi connectivity index (χ4v) is 4.76. The van der Waals surface area contributed by atoms with Gasteiger partial charge in [-0.05, 0) is 87.6 Å². The van der Waals surface area contributed by atoms with Gasteiger partial charge in [-0.1, -0.05) is 33.8 Å². The van der Waals surface area contributed by atoms with Gasteiger partial charge in [0.25, 0.3) is 5.56 Å². The zero-order chi connectivity index (χ0) is 29.2. The molecule has 5 rings (SSSR count). The molecule has 2 aliphatic heterocycles. The molecule has 0 spiro atoms. The number of Topliss-reactive ketones (excluding diaryl/α,β-unsaturated/α-hetero) is 1. The van der Waals surface area contributed by atoms with Gasteiger partial charge in [0.15, 0.2) is 5.78 Å². The van der Waals surface area contributed by atoms with Crippen molar-refractivity contribution in [1.82, 2.24) is 20.1 Å². The van der Waals surface area contributed by atoms with E-state index in [4.69, 9.17) is 9.47 Å². The van der Waals surface area contributed by atoms with Crippen molar-refractivity contribution in [2.24, 2.45) is 5.92 Å². The summed E-state index contributed by atoms with van der Waals surface area (Å²) in [5, 5.41) is 5.27. The number of carbonyl (C=O) groups excluding carboxylic acids is 1. The molecule has 0 saturated carbocycles. The van der Waals surface area contributed by atoms with E-state index in [9.17, 15) is 9.59 Å². The van der Waals surface area contributed by atoms with Gasteiger partial charge in [-0.3, -0.25) is 19.7 Å². The third-order valence-corrected chi connectivity index (χ3v) is 7.47. The van der Waals surface area contributed by atoms with Gasteiger partial charge in [-0.25, -0.2) is 0 Å². The summed E-state index contributed by atoms with van der Waals surface area (Å²) in [5.74, 6) is 1.47. The van der Waals surface area contributed by atoms with Crippen LogP contribution in [0.3, 0.4) is 0 Å². The number of hydrogen-bond donors (Lipinski definition) is 2. The molecule has 1 saturated heterocycles. The Labute approximate surface area is 237 Å². The average Bonchev–Trinajstić information content (AvgIpc) is 3.42. The number of benzene rings is 1. The van der Waals surface area contributed by atoms with Crippen LogP contribution in [-0.2, 0) is 11.2 Å². The number of aromatic amines is 2. The molecular formula is C32H44N4O4. The smallest absolute Gasteiger partial charge is 0.273 e. The summed E-state index contributed by atoms with van der Waals surface area (Å²) < 4.78 is 11.2. The minimum atomic E-state index is -0.298. The number of allylic oxidation sites excluding steroid dienone is 2. The van der Waals surface area contributed by atoms with Crippen molar-refractivity contribution in [3.8, 4) is 22.8 Å². The van der Waals surface area contributed by atoms with Crippen molar-refractivity contribution < 1.29 is 14.3 Å². The Kier molecular flexibility index (Phi) is 11.3. The number of pyridine rings is 1. The Balaban J connectivity index is 0.000000558. The summed E-state index contributed by atoms with van der Waals surface area (Å²) in [5.41, 5.74) is 4.25. The number of nitrogens with zero attached hydrogens (tertiary/aromatic N) is 2. The average molecular weight is 549 g/mol. The molecule has 2 unspecified atom stereocenters. The number of nitrogens with one attached hydrogen (secondary N) is 2. The van der Waals surface area contributed by atoms with Crippen LogP contribution in [0.1, 0.15) is 70.1 Å². The minimum Gasteiger partial charge on any atom is -0.497 e. The molecule has 0 radical (unpaired) electrons. The molecular weight excluding hydrogens is 504 g/mol. The quantitative estimate of drug-likeness (QED) is 0.359. The highest BCUT2D eigenvalue weighted by Crippen LogP contribution is 2.35. The number of carbonyl (C=O) groups is 1. The second-order valence-corrected chi connectivity index (χ2v) is 10.0. The van der Waals surface area contributed by atoms with Gasteiger partial charge in [0, 0.05) is 23.5 Å². The first-order chi connectivity index (χ1) is 19.4. The van der Waals surface area contributed by atoms with Crippen LogP contribution >= 0.6 is 0 Å². The van der Waals surface area contributed by atoms with Crippen LogP contribution in [-0.4, -0.2) is 59.7 Å². The molecule has 8 nitrogen and oxygen atoms in total. The standard InChI is InChI=1S/C26H29N3O4.C4H9N.C2H6/c1-5-15(3)20-11-23(22-13-28-29-26(22)31)27-12-21(20)19(6-2)25(30)17-9-16-10-18(32-4)7-8-24(16)33-14-17;1-5-3-2-4-5;1-2/h6-8,10-13,15,17H,5,9,14H2,1-4H3,(H2,28,29,31);2-4H2,1H3;1-2H3/b19-6+;;. The molecule has 2 N–H and O–H groups in total. The van der Waals surface area contributed by atoms with E-state index < -0.39 is 0 Å². The van der Waals surface area contributed by atoms with Gasteiger partial charge in [0.2, 0.25) is 0 Å². The van der Waals surface area contributed by atoms with Crippen molar-refractivity contribution in [3.63, 3.8) is 0 Å². The lowest BCUT2D eigenvalue weighted by molar-refractivity contribution is -0.118. The molecule has 3 aromatic rings. The monoisotopic (exact) mass is 548 g/mol. The molecule has 2 aromatic heterocycles. The van der Waals surface area contributed by atoms with Crippen LogP contribution in [0.25, 0.3) is 16.8 Å². The number of fused-ring (bicyclic) bond motifs is 1. The summed E-state index contributed by atoms with van der Waals surface area (Å²) in [6.07, 6.45) is 8.08. The Hall–Kier alpha value is -3.65. The Morgan fingerprint density at radius 2 is 2.00 bits per heavy atom. The molecule has 0 amide bonds. The van der Waals surface area contributed by atoms with Crippen LogP contribution in [0.15, 0.2) is 47.5 Å².